The summed E-state index contributed by atoms with van der Waals surface area (Å²) in [4.78, 5) is 38.3. The number of esters is 1. The molecule has 0 unspecified atom stereocenters. The van der Waals surface area contributed by atoms with E-state index in [0.717, 1.165) is 0 Å². The Bertz CT molecular complexity index is 581. The molecule has 1 aromatic rings. The fourth-order valence-corrected chi connectivity index (χ4v) is 2.13. The second-order valence-corrected chi connectivity index (χ2v) is 4.80. The molecule has 114 valence electrons. The number of carbonyl (C=O) groups excluding carboxylic acids is 3. The van der Waals surface area contributed by atoms with Crippen LogP contribution in [-0.4, -0.2) is 64.1 Å². The summed E-state index contributed by atoms with van der Waals surface area (Å²) in [5, 5.41) is 4.03. The number of hydrogen-bond acceptors (Lipinski definition) is 5. The van der Waals surface area contributed by atoms with E-state index in [1.165, 1.54) is 20.7 Å². The van der Waals surface area contributed by atoms with Crippen molar-refractivity contribution in [1.82, 2.24) is 19.6 Å². The average molecular weight is 294 g/mol. The van der Waals surface area contributed by atoms with Gasteiger partial charge in [0.1, 0.15) is 5.56 Å². The van der Waals surface area contributed by atoms with Crippen LogP contribution >= 0.6 is 0 Å². The van der Waals surface area contributed by atoms with Crippen molar-refractivity contribution in [3.05, 3.63) is 17.5 Å². The molecule has 0 bridgehead atoms. The molecule has 1 aliphatic heterocycles. The number of carbonyl (C=O) groups is 3. The lowest BCUT2D eigenvalue weighted by atomic mass is 10.2. The first-order valence-electron chi connectivity index (χ1n) is 6.68. The highest BCUT2D eigenvalue weighted by molar-refractivity contribution is 6.35. The Morgan fingerprint density at radius 1 is 1.29 bits per heavy atom. The minimum absolute atomic E-state index is 0.156. The van der Waals surface area contributed by atoms with Crippen LogP contribution in [-0.2, 0) is 27.9 Å². The molecule has 2 amide bonds. The minimum atomic E-state index is -0.570. The third-order valence-electron chi connectivity index (χ3n) is 3.42. The second kappa shape index (κ2) is 5.94. The number of nitrogens with zero attached hydrogens (tertiary/aromatic N) is 4. The first kappa shape index (κ1) is 15.0. The molecule has 8 heteroatoms. The summed E-state index contributed by atoms with van der Waals surface area (Å²) in [6.07, 6.45) is 1.41. The number of piperazine rings is 1. The van der Waals surface area contributed by atoms with Crippen LogP contribution in [0.25, 0.3) is 0 Å². The first-order valence-corrected chi connectivity index (χ1v) is 6.68. The molecule has 21 heavy (non-hydrogen) atoms. The van der Waals surface area contributed by atoms with Gasteiger partial charge in [-0.3, -0.25) is 14.3 Å². The zero-order chi connectivity index (χ0) is 15.6. The monoisotopic (exact) mass is 294 g/mol. The fraction of sp³-hybridized carbons (Fsp3) is 0.538. The van der Waals surface area contributed by atoms with Crippen LogP contribution < -0.4 is 0 Å². The third kappa shape index (κ3) is 2.88. The Kier molecular flexibility index (Phi) is 4.25. The average Bonchev–Trinajstić information content (AvgIpc) is 2.81. The number of aromatic nitrogens is 2. The Morgan fingerprint density at radius 3 is 2.67 bits per heavy atom. The van der Waals surface area contributed by atoms with E-state index in [1.807, 2.05) is 0 Å². The van der Waals surface area contributed by atoms with E-state index in [9.17, 15) is 14.4 Å². The third-order valence-corrected chi connectivity index (χ3v) is 3.42. The molecule has 0 saturated carbocycles. The fourth-order valence-electron chi connectivity index (χ4n) is 2.13. The molecular formula is C13H18N4O4. The highest BCUT2D eigenvalue weighted by Crippen LogP contribution is 2.14. The van der Waals surface area contributed by atoms with E-state index in [2.05, 4.69) is 5.10 Å². The Hall–Kier alpha value is -2.38. The van der Waals surface area contributed by atoms with Gasteiger partial charge in [-0.15, -0.1) is 0 Å². The molecule has 0 N–H and O–H groups in total. The number of hydrogen-bond donors (Lipinski definition) is 0. The normalized spacial score (nSPS) is 15.6. The van der Waals surface area contributed by atoms with Gasteiger partial charge in [0.15, 0.2) is 0 Å². The van der Waals surface area contributed by atoms with Gasteiger partial charge in [-0.1, -0.05) is 0 Å². The predicted molar refractivity (Wildman–Crippen MR) is 72.2 cm³/mol. The second-order valence-electron chi connectivity index (χ2n) is 4.80. The van der Waals surface area contributed by atoms with E-state index in [-0.39, 0.29) is 13.2 Å². The number of ether oxygens (including phenoxy) is 1. The van der Waals surface area contributed by atoms with Crippen molar-refractivity contribution < 1.29 is 19.1 Å². The van der Waals surface area contributed by atoms with Crippen molar-refractivity contribution >= 4 is 17.8 Å². The van der Waals surface area contributed by atoms with Crippen molar-refractivity contribution in [2.75, 3.05) is 26.7 Å². The highest BCUT2D eigenvalue weighted by Gasteiger charge is 2.31. The zero-order valence-electron chi connectivity index (χ0n) is 12.3. The lowest BCUT2D eigenvalue weighted by Gasteiger charge is -2.31. The highest BCUT2D eigenvalue weighted by atomic mass is 16.5. The summed E-state index contributed by atoms with van der Waals surface area (Å²) < 4.78 is 6.48. The van der Waals surface area contributed by atoms with Crippen LogP contribution in [0.3, 0.4) is 0 Å². The van der Waals surface area contributed by atoms with Crippen molar-refractivity contribution in [3.63, 3.8) is 0 Å². The molecule has 1 fully saturated rings. The maximum Gasteiger partial charge on any atom is 0.341 e. The quantitative estimate of drug-likeness (QED) is 0.547. The molecule has 1 aliphatic rings. The summed E-state index contributed by atoms with van der Waals surface area (Å²) in [7, 11) is 3.27. The zero-order valence-corrected chi connectivity index (χ0v) is 12.3. The topological polar surface area (TPSA) is 84.7 Å². The predicted octanol–water partition coefficient (Wildman–Crippen LogP) is -0.603. The molecule has 0 atom stereocenters. The van der Waals surface area contributed by atoms with Gasteiger partial charge in [0.2, 0.25) is 0 Å². The van der Waals surface area contributed by atoms with Crippen LogP contribution in [0.5, 0.6) is 0 Å². The lowest BCUT2D eigenvalue weighted by molar-refractivity contribution is -0.155. The Balaban J connectivity index is 2.20. The van der Waals surface area contributed by atoms with Crippen molar-refractivity contribution in [3.8, 4) is 0 Å². The largest absolute Gasteiger partial charge is 0.462 e. The van der Waals surface area contributed by atoms with Crippen LogP contribution in [0.1, 0.15) is 23.0 Å². The molecule has 1 aromatic heterocycles. The first-order chi connectivity index (χ1) is 9.95. The Morgan fingerprint density at radius 2 is 2.00 bits per heavy atom. The number of aryl methyl sites for hydroxylation is 1. The molecule has 0 radical (unpaired) electrons. The number of rotatable bonds is 4. The molecule has 0 aliphatic carbocycles. The number of amides is 2. The van der Waals surface area contributed by atoms with Crippen molar-refractivity contribution in [2.24, 2.45) is 7.05 Å². The van der Waals surface area contributed by atoms with E-state index >= 15 is 0 Å². The van der Waals surface area contributed by atoms with Gasteiger partial charge in [0.25, 0.3) is 0 Å². The van der Waals surface area contributed by atoms with Gasteiger partial charge < -0.3 is 14.5 Å². The van der Waals surface area contributed by atoms with Gasteiger partial charge in [-0.25, -0.2) is 4.79 Å². The maximum atomic E-state index is 12.0. The molecule has 2 heterocycles. The lowest BCUT2D eigenvalue weighted by Crippen LogP contribution is -2.52. The molecule has 1 saturated heterocycles. The molecule has 0 aromatic carbocycles. The summed E-state index contributed by atoms with van der Waals surface area (Å²) >= 11 is 0. The molecular weight excluding hydrogens is 276 g/mol. The van der Waals surface area contributed by atoms with Crippen molar-refractivity contribution in [2.45, 2.75) is 13.5 Å². The summed E-state index contributed by atoms with van der Waals surface area (Å²) in [6, 6.07) is 0. The van der Waals surface area contributed by atoms with Crippen LogP contribution in [0, 0.1) is 0 Å². The van der Waals surface area contributed by atoms with Crippen LogP contribution in [0.2, 0.25) is 0 Å². The standard InChI is InChI=1S/C13H18N4O4/c1-4-21-13(20)9-7-14-16(3)10(9)8-17-6-5-15(2)11(18)12(17)19/h7H,4-6,8H2,1-3H3. The van der Waals surface area contributed by atoms with Crippen LogP contribution in [0.4, 0.5) is 0 Å². The van der Waals surface area contributed by atoms with Gasteiger partial charge >= 0.3 is 17.8 Å². The van der Waals surface area contributed by atoms with Gasteiger partial charge in [0, 0.05) is 27.2 Å². The van der Waals surface area contributed by atoms with Gasteiger partial charge in [-0.05, 0) is 6.92 Å². The van der Waals surface area contributed by atoms with Gasteiger partial charge in [-0.2, -0.15) is 5.10 Å². The molecule has 8 nitrogen and oxygen atoms in total. The van der Waals surface area contributed by atoms with E-state index in [1.54, 1.807) is 21.0 Å². The van der Waals surface area contributed by atoms with E-state index in [0.29, 0.717) is 24.3 Å². The van der Waals surface area contributed by atoms with Crippen molar-refractivity contribution in [1.29, 1.82) is 0 Å². The SMILES string of the molecule is CCOC(=O)c1cnn(C)c1CN1CCN(C)C(=O)C1=O. The van der Waals surface area contributed by atoms with E-state index in [4.69, 9.17) is 4.74 Å². The summed E-state index contributed by atoms with van der Waals surface area (Å²) in [5.74, 6) is -1.59. The Labute approximate surface area is 122 Å². The number of likely N-dealkylation sites (N-methyl/N-ethyl adjacent to an activating group) is 1. The minimum Gasteiger partial charge on any atom is -0.462 e. The van der Waals surface area contributed by atoms with E-state index < -0.39 is 17.8 Å². The smallest absolute Gasteiger partial charge is 0.341 e. The molecule has 2 rings (SSSR count). The molecule has 0 spiro atoms. The van der Waals surface area contributed by atoms with Crippen LogP contribution in [0.15, 0.2) is 6.20 Å². The maximum absolute atomic E-state index is 12.0. The summed E-state index contributed by atoms with van der Waals surface area (Å²) in [6.45, 7) is 3.03. The van der Waals surface area contributed by atoms with Gasteiger partial charge in [0.05, 0.1) is 25.0 Å². The summed E-state index contributed by atoms with van der Waals surface area (Å²) in [5.41, 5.74) is 0.873.